The molecule has 5 heteroatoms. The van der Waals surface area contributed by atoms with Gasteiger partial charge in [-0.15, -0.1) is 0 Å². The van der Waals surface area contributed by atoms with Crippen LogP contribution >= 0.6 is 0 Å². The average Bonchev–Trinajstić information content (AvgIpc) is 3.13. The fraction of sp³-hybridized carbons (Fsp3) is 0.933. The summed E-state index contributed by atoms with van der Waals surface area (Å²) in [4.78, 5) is 16.8. The van der Waals surface area contributed by atoms with Crippen molar-refractivity contribution in [2.45, 2.75) is 44.2 Å². The molecule has 0 aromatic carbocycles. The van der Waals surface area contributed by atoms with Gasteiger partial charge in [0.05, 0.1) is 0 Å². The number of nitrogens with two attached hydrogens (primary N) is 1. The summed E-state index contributed by atoms with van der Waals surface area (Å²) < 4.78 is 0. The minimum atomic E-state index is -0.510. The SMILES string of the molecule is CCNC(CN1CCCC1CN(C)C)(C(N)=O)C1CC1. The van der Waals surface area contributed by atoms with Gasteiger partial charge in [-0.2, -0.15) is 0 Å². The summed E-state index contributed by atoms with van der Waals surface area (Å²) in [6.07, 6.45) is 4.71. The first kappa shape index (κ1) is 15.7. The number of amides is 1. The van der Waals surface area contributed by atoms with E-state index in [1.165, 1.54) is 12.8 Å². The Labute approximate surface area is 122 Å². The molecule has 2 rings (SSSR count). The lowest BCUT2D eigenvalue weighted by atomic mass is 9.91. The largest absolute Gasteiger partial charge is 0.368 e. The lowest BCUT2D eigenvalue weighted by molar-refractivity contribution is -0.126. The number of hydrogen-bond donors (Lipinski definition) is 2. The molecule has 116 valence electrons. The monoisotopic (exact) mass is 282 g/mol. The standard InChI is InChI=1S/C15H30N4O/c1-4-17-15(14(16)20,12-7-8-12)11-19-9-5-6-13(19)10-18(2)3/h12-13,17H,4-11H2,1-3H3,(H2,16,20). The van der Waals surface area contributed by atoms with E-state index < -0.39 is 5.54 Å². The normalized spacial score (nSPS) is 26.9. The second-order valence-electron chi connectivity index (χ2n) is 6.67. The molecule has 2 aliphatic rings. The molecular formula is C15H30N4O. The van der Waals surface area contributed by atoms with Crippen LogP contribution in [-0.4, -0.2) is 67.6 Å². The first-order chi connectivity index (χ1) is 9.49. The molecule has 1 saturated carbocycles. The third kappa shape index (κ3) is 3.32. The molecule has 1 aliphatic heterocycles. The summed E-state index contributed by atoms with van der Waals surface area (Å²) >= 11 is 0. The Bertz CT molecular complexity index is 343. The molecule has 1 saturated heterocycles. The van der Waals surface area contributed by atoms with Gasteiger partial charge in [0.2, 0.25) is 5.91 Å². The van der Waals surface area contributed by atoms with Crippen LogP contribution in [0.5, 0.6) is 0 Å². The number of rotatable bonds is 8. The molecule has 2 fully saturated rings. The van der Waals surface area contributed by atoms with E-state index >= 15 is 0 Å². The van der Waals surface area contributed by atoms with Crippen LogP contribution < -0.4 is 11.1 Å². The molecule has 0 aromatic heterocycles. The van der Waals surface area contributed by atoms with Crippen LogP contribution in [0.1, 0.15) is 32.6 Å². The molecule has 2 atom stereocenters. The van der Waals surface area contributed by atoms with Crippen LogP contribution in [0.25, 0.3) is 0 Å². The number of hydrogen-bond acceptors (Lipinski definition) is 4. The van der Waals surface area contributed by atoms with Gasteiger partial charge in [0.25, 0.3) is 0 Å². The zero-order valence-corrected chi connectivity index (χ0v) is 13.2. The first-order valence-electron chi connectivity index (χ1n) is 7.93. The average molecular weight is 282 g/mol. The lowest BCUT2D eigenvalue weighted by Gasteiger charge is -2.38. The Morgan fingerprint density at radius 1 is 1.40 bits per heavy atom. The maximum Gasteiger partial charge on any atom is 0.239 e. The predicted octanol–water partition coefficient (Wildman–Crippen LogP) is 0.256. The number of likely N-dealkylation sites (N-methyl/N-ethyl adjacent to an activating group) is 2. The van der Waals surface area contributed by atoms with Crippen molar-refractivity contribution >= 4 is 5.91 Å². The van der Waals surface area contributed by atoms with Crippen molar-refractivity contribution in [1.29, 1.82) is 0 Å². The molecule has 0 spiro atoms. The highest BCUT2D eigenvalue weighted by Crippen LogP contribution is 2.41. The molecule has 20 heavy (non-hydrogen) atoms. The van der Waals surface area contributed by atoms with Gasteiger partial charge in [-0.1, -0.05) is 6.92 Å². The third-order valence-corrected chi connectivity index (χ3v) is 4.73. The summed E-state index contributed by atoms with van der Waals surface area (Å²) in [5.41, 5.74) is 5.27. The highest BCUT2D eigenvalue weighted by Gasteiger charge is 2.51. The topological polar surface area (TPSA) is 61.6 Å². The number of carbonyl (C=O) groups is 1. The zero-order chi connectivity index (χ0) is 14.8. The smallest absolute Gasteiger partial charge is 0.239 e. The Morgan fingerprint density at radius 3 is 2.60 bits per heavy atom. The highest BCUT2D eigenvalue weighted by atomic mass is 16.1. The summed E-state index contributed by atoms with van der Waals surface area (Å²) in [6.45, 7) is 5.78. The van der Waals surface area contributed by atoms with E-state index in [9.17, 15) is 4.79 Å². The van der Waals surface area contributed by atoms with Crippen LogP contribution in [0.4, 0.5) is 0 Å². The molecule has 1 aliphatic carbocycles. The first-order valence-corrected chi connectivity index (χ1v) is 7.93. The van der Waals surface area contributed by atoms with Crippen molar-refractivity contribution in [3.05, 3.63) is 0 Å². The van der Waals surface area contributed by atoms with Crippen molar-refractivity contribution in [3.63, 3.8) is 0 Å². The van der Waals surface area contributed by atoms with Gasteiger partial charge in [-0.05, 0) is 58.8 Å². The molecule has 0 radical (unpaired) electrons. The number of nitrogens with zero attached hydrogens (tertiary/aromatic N) is 2. The van der Waals surface area contributed by atoms with Crippen molar-refractivity contribution in [2.75, 3.05) is 40.3 Å². The molecule has 2 unspecified atom stereocenters. The predicted molar refractivity (Wildman–Crippen MR) is 81.5 cm³/mol. The zero-order valence-electron chi connectivity index (χ0n) is 13.2. The number of primary amides is 1. The fourth-order valence-corrected chi connectivity index (χ4v) is 3.64. The van der Waals surface area contributed by atoms with E-state index in [4.69, 9.17) is 5.73 Å². The van der Waals surface area contributed by atoms with Crippen LogP contribution in [0, 0.1) is 5.92 Å². The van der Waals surface area contributed by atoms with Gasteiger partial charge in [-0.25, -0.2) is 0 Å². The van der Waals surface area contributed by atoms with Gasteiger partial charge in [0, 0.05) is 19.1 Å². The minimum Gasteiger partial charge on any atom is -0.368 e. The van der Waals surface area contributed by atoms with Gasteiger partial charge in [0.15, 0.2) is 0 Å². The number of likely N-dealkylation sites (tertiary alicyclic amines) is 1. The summed E-state index contributed by atoms with van der Waals surface area (Å²) in [5.74, 6) is 0.262. The van der Waals surface area contributed by atoms with Crippen molar-refractivity contribution in [3.8, 4) is 0 Å². The maximum absolute atomic E-state index is 12.1. The summed E-state index contributed by atoms with van der Waals surface area (Å²) in [6, 6.07) is 0.557. The van der Waals surface area contributed by atoms with Crippen LogP contribution in [-0.2, 0) is 4.79 Å². The second-order valence-corrected chi connectivity index (χ2v) is 6.67. The van der Waals surface area contributed by atoms with E-state index in [1.807, 2.05) is 0 Å². The van der Waals surface area contributed by atoms with E-state index in [0.717, 1.165) is 39.0 Å². The Morgan fingerprint density at radius 2 is 2.10 bits per heavy atom. The lowest BCUT2D eigenvalue weighted by Crippen LogP contribution is -2.64. The third-order valence-electron chi connectivity index (χ3n) is 4.73. The quantitative estimate of drug-likeness (QED) is 0.670. The molecular weight excluding hydrogens is 252 g/mol. The Kier molecular flexibility index (Phi) is 5.04. The van der Waals surface area contributed by atoms with Crippen molar-refractivity contribution < 1.29 is 4.79 Å². The molecule has 1 amide bonds. The summed E-state index contributed by atoms with van der Waals surface area (Å²) in [5, 5.41) is 3.43. The van der Waals surface area contributed by atoms with Crippen LogP contribution in [0.3, 0.4) is 0 Å². The molecule has 0 aromatic rings. The van der Waals surface area contributed by atoms with Crippen LogP contribution in [0.2, 0.25) is 0 Å². The maximum atomic E-state index is 12.1. The Balaban J connectivity index is 2.08. The molecule has 0 bridgehead atoms. The van der Waals surface area contributed by atoms with Crippen molar-refractivity contribution in [1.82, 2.24) is 15.1 Å². The molecule has 5 nitrogen and oxygen atoms in total. The Hall–Kier alpha value is -0.650. The minimum absolute atomic E-state index is 0.169. The highest BCUT2D eigenvalue weighted by molar-refractivity contribution is 5.86. The van der Waals surface area contributed by atoms with Gasteiger partial charge in [0.1, 0.15) is 5.54 Å². The molecule has 3 N–H and O–H groups in total. The van der Waals surface area contributed by atoms with E-state index in [-0.39, 0.29) is 5.91 Å². The fourth-order valence-electron chi connectivity index (χ4n) is 3.64. The van der Waals surface area contributed by atoms with E-state index in [1.54, 1.807) is 0 Å². The van der Waals surface area contributed by atoms with Gasteiger partial charge >= 0.3 is 0 Å². The molecule has 1 heterocycles. The van der Waals surface area contributed by atoms with E-state index in [0.29, 0.717) is 12.0 Å². The van der Waals surface area contributed by atoms with Gasteiger partial charge in [-0.3, -0.25) is 9.69 Å². The number of nitrogens with one attached hydrogen (secondary N) is 1. The van der Waals surface area contributed by atoms with E-state index in [2.05, 4.69) is 36.1 Å². The van der Waals surface area contributed by atoms with Gasteiger partial charge < -0.3 is 16.0 Å². The number of carbonyl (C=O) groups excluding carboxylic acids is 1. The van der Waals surface area contributed by atoms with Crippen molar-refractivity contribution in [2.24, 2.45) is 11.7 Å². The van der Waals surface area contributed by atoms with Crippen LogP contribution in [0.15, 0.2) is 0 Å². The second kappa shape index (κ2) is 6.41. The summed E-state index contributed by atoms with van der Waals surface area (Å²) in [7, 11) is 4.23.